The molecule has 0 amide bonds. The first-order chi connectivity index (χ1) is 22.3. The number of para-hydroxylation sites is 1. The molecule has 0 fully saturated rings. The van der Waals surface area contributed by atoms with Crippen LogP contribution in [0, 0.1) is 0 Å². The lowest BCUT2D eigenvalue weighted by molar-refractivity contribution is -1.02. The molecular weight excluding hydrogens is 575 g/mol. The third-order valence-corrected chi connectivity index (χ3v) is 11.1. The molecule has 7 heterocycles. The van der Waals surface area contributed by atoms with Crippen LogP contribution >= 0.6 is 11.3 Å². The zero-order valence-corrected chi connectivity index (χ0v) is 24.5. The zero-order chi connectivity index (χ0) is 29.0. The van der Waals surface area contributed by atoms with Crippen molar-refractivity contribution in [1.29, 1.82) is 0 Å². The monoisotopic (exact) mass is 595 g/mol. The van der Waals surface area contributed by atoms with Gasteiger partial charge in [-0.25, -0.2) is 0 Å². The summed E-state index contributed by atoms with van der Waals surface area (Å²) in [6, 6.07) is 41.3. The second-order valence-corrected chi connectivity index (χ2v) is 13.2. The molecule has 0 saturated heterocycles. The predicted octanol–water partition coefficient (Wildman–Crippen LogP) is 7.61. The molecule has 0 radical (unpaired) electrons. The summed E-state index contributed by atoms with van der Waals surface area (Å²) in [5, 5.41) is 10.5. The predicted molar refractivity (Wildman–Crippen MR) is 175 cm³/mol. The number of hydrogen-bond donors (Lipinski definition) is 0. The summed E-state index contributed by atoms with van der Waals surface area (Å²) in [5.74, 6) is 2.81. The van der Waals surface area contributed by atoms with Crippen molar-refractivity contribution in [1.82, 2.24) is 14.3 Å². The molecule has 1 spiro atoms. The second-order valence-electron chi connectivity index (χ2n) is 12.1. The van der Waals surface area contributed by atoms with Crippen LogP contribution in [0.4, 0.5) is 0 Å². The van der Waals surface area contributed by atoms with Gasteiger partial charge in [-0.2, -0.15) is 9.13 Å². The van der Waals surface area contributed by atoms with Gasteiger partial charge < -0.3 is 4.74 Å². The normalized spacial score (nSPS) is 16.7. The third-order valence-electron chi connectivity index (χ3n) is 10.00. The van der Waals surface area contributed by atoms with Crippen molar-refractivity contribution in [2.45, 2.75) is 5.66 Å². The van der Waals surface area contributed by atoms with Gasteiger partial charge in [-0.3, -0.25) is 0 Å². The topological polar surface area (TPSA) is 39.7 Å². The van der Waals surface area contributed by atoms with E-state index >= 15 is 0 Å². The van der Waals surface area contributed by atoms with Crippen molar-refractivity contribution >= 4 is 53.3 Å². The first-order valence-electron chi connectivity index (χ1n) is 15.1. The summed E-state index contributed by atoms with van der Waals surface area (Å²) in [4.78, 5) is 2.19. The summed E-state index contributed by atoms with van der Waals surface area (Å²) >= 11 is 1.84. The number of nitrogens with zero attached hydrogens (tertiary/aromatic N) is 5. The minimum Gasteiger partial charge on any atom is -0.456 e. The van der Waals surface area contributed by atoms with Gasteiger partial charge in [0.25, 0.3) is 5.82 Å². The highest BCUT2D eigenvalue weighted by atomic mass is 32.1. The minimum atomic E-state index is -0.780. The second kappa shape index (κ2) is 7.46. The van der Waals surface area contributed by atoms with Crippen LogP contribution in [0.25, 0.3) is 64.7 Å². The first kappa shape index (κ1) is 22.7. The van der Waals surface area contributed by atoms with E-state index in [0.29, 0.717) is 0 Å². The fourth-order valence-corrected chi connectivity index (χ4v) is 9.37. The summed E-state index contributed by atoms with van der Waals surface area (Å²) in [6.45, 7) is 0. The van der Waals surface area contributed by atoms with E-state index in [1.807, 2.05) is 11.3 Å². The Morgan fingerprint density at radius 1 is 0.689 bits per heavy atom. The van der Waals surface area contributed by atoms with Gasteiger partial charge in [0, 0.05) is 47.7 Å². The van der Waals surface area contributed by atoms with E-state index in [0.717, 1.165) is 50.9 Å². The lowest BCUT2D eigenvalue weighted by Gasteiger charge is -2.31. The summed E-state index contributed by atoms with van der Waals surface area (Å²) in [5.41, 5.74) is 6.89. The van der Waals surface area contributed by atoms with Crippen LogP contribution in [-0.4, -0.2) is 14.3 Å². The van der Waals surface area contributed by atoms with Crippen molar-refractivity contribution < 1.29 is 14.1 Å². The largest absolute Gasteiger partial charge is 0.456 e. The summed E-state index contributed by atoms with van der Waals surface area (Å²) < 4.78 is 16.4. The van der Waals surface area contributed by atoms with Crippen LogP contribution in [-0.2, 0) is 5.66 Å². The van der Waals surface area contributed by atoms with Crippen molar-refractivity contribution in [3.8, 4) is 34.3 Å². The average Bonchev–Trinajstić information content (AvgIpc) is 3.84. The van der Waals surface area contributed by atoms with Gasteiger partial charge in [-0.15, -0.1) is 11.3 Å². The van der Waals surface area contributed by atoms with E-state index in [4.69, 9.17) is 9.84 Å². The van der Waals surface area contributed by atoms with Gasteiger partial charge in [0.2, 0.25) is 0 Å². The maximum Gasteiger partial charge on any atom is 0.423 e. The summed E-state index contributed by atoms with van der Waals surface area (Å²) in [6.07, 6.45) is 4.38. The van der Waals surface area contributed by atoms with Crippen molar-refractivity contribution in [3.05, 3.63) is 139 Å². The number of benzene rings is 5. The molecule has 7 heteroatoms. The Labute approximate surface area is 259 Å². The Morgan fingerprint density at radius 3 is 2.51 bits per heavy atom. The van der Waals surface area contributed by atoms with Gasteiger partial charge in [0.15, 0.2) is 22.3 Å². The Balaban J connectivity index is 1.23. The zero-order valence-electron chi connectivity index (χ0n) is 23.7. The number of ether oxygens (including phenoxy) is 1. The van der Waals surface area contributed by atoms with Gasteiger partial charge in [0.05, 0.1) is 11.0 Å². The van der Waals surface area contributed by atoms with E-state index in [1.54, 1.807) is 0 Å². The molecule has 0 N–H and O–H groups in total. The molecule has 45 heavy (non-hydrogen) atoms. The molecule has 6 nitrogen and oxygen atoms in total. The maximum atomic E-state index is 6.76. The van der Waals surface area contributed by atoms with Crippen LogP contribution in [0.1, 0.15) is 11.1 Å². The summed E-state index contributed by atoms with van der Waals surface area (Å²) in [7, 11) is 0. The molecule has 0 aliphatic carbocycles. The van der Waals surface area contributed by atoms with Crippen LogP contribution in [0.2, 0.25) is 0 Å². The molecule has 3 aliphatic rings. The van der Waals surface area contributed by atoms with Gasteiger partial charge in [0.1, 0.15) is 28.9 Å². The molecule has 5 aromatic carbocycles. The highest BCUT2D eigenvalue weighted by Gasteiger charge is 2.70. The standard InChI is InChI=1S/C38H21N5OS/c1-3-10-28-23(8-1)25-16-17-31-36-37(25)42(28)34-14-5-6-19-40(34)38(36)35-29(11-7-12-30(35)44-31)41-21-27(39-43(38)41)22-15-18-33-26(20-22)24-9-2-4-13-32(24)45-33/h1-21H/q+2. The number of pyridine rings is 1. The molecule has 1 atom stereocenters. The fourth-order valence-electron chi connectivity index (χ4n) is 8.28. The molecule has 3 aliphatic heterocycles. The van der Waals surface area contributed by atoms with Gasteiger partial charge in [-0.1, -0.05) is 53.2 Å². The Hall–Kier alpha value is -5.79. The molecule has 0 bridgehead atoms. The van der Waals surface area contributed by atoms with Crippen molar-refractivity contribution in [3.63, 3.8) is 0 Å². The quantitative estimate of drug-likeness (QED) is 0.183. The number of hydrogen-bond acceptors (Lipinski definition) is 3. The molecule has 208 valence electrons. The number of rotatable bonds is 1. The van der Waals surface area contributed by atoms with E-state index < -0.39 is 5.66 Å². The highest BCUT2D eigenvalue weighted by Crippen LogP contribution is 2.55. The van der Waals surface area contributed by atoms with Gasteiger partial charge >= 0.3 is 5.66 Å². The fraction of sp³-hybridized carbons (Fsp3) is 0.0263. The molecule has 9 aromatic rings. The SMILES string of the molecule is c1cc2c3c(c1)-n1cc(-c4ccc5sc6ccccc6c5c4)n[n+]1C31c3c(ccc4c5ccccc5n(c34)-c3cccc[n+]31)O2. The number of fused-ring (bicyclic) bond motifs is 10. The van der Waals surface area contributed by atoms with Crippen molar-refractivity contribution in [2.24, 2.45) is 0 Å². The lowest BCUT2D eigenvalue weighted by atomic mass is 9.84. The molecular formula is C38H21N5OS+2. The van der Waals surface area contributed by atoms with Crippen LogP contribution in [0.15, 0.2) is 128 Å². The first-order valence-corrected chi connectivity index (χ1v) is 16.0. The Morgan fingerprint density at radius 2 is 1.53 bits per heavy atom. The Kier molecular flexibility index (Phi) is 3.76. The molecule has 12 rings (SSSR count). The highest BCUT2D eigenvalue weighted by molar-refractivity contribution is 7.25. The van der Waals surface area contributed by atoms with E-state index in [9.17, 15) is 0 Å². The van der Waals surface area contributed by atoms with E-state index in [-0.39, 0.29) is 0 Å². The van der Waals surface area contributed by atoms with Crippen LogP contribution < -0.4 is 14.1 Å². The van der Waals surface area contributed by atoms with Crippen LogP contribution in [0.5, 0.6) is 11.5 Å². The number of thiophene rings is 1. The maximum absolute atomic E-state index is 6.76. The van der Waals surface area contributed by atoms with Crippen molar-refractivity contribution in [2.75, 3.05) is 0 Å². The van der Waals surface area contributed by atoms with Gasteiger partial charge in [-0.05, 0) is 60.7 Å². The van der Waals surface area contributed by atoms with E-state index in [2.05, 4.69) is 146 Å². The molecule has 0 saturated carbocycles. The number of aromatic nitrogens is 5. The molecule has 1 unspecified atom stereocenters. The van der Waals surface area contributed by atoms with Crippen LogP contribution in [0.3, 0.4) is 0 Å². The van der Waals surface area contributed by atoms with E-state index in [1.165, 1.54) is 36.5 Å². The minimum absolute atomic E-state index is 0.780. The average molecular weight is 596 g/mol. The lowest BCUT2D eigenvalue weighted by Crippen LogP contribution is -2.77. The third kappa shape index (κ3) is 2.44. The molecule has 4 aromatic heterocycles. The smallest absolute Gasteiger partial charge is 0.423 e. The Bertz CT molecular complexity index is 2820.